The molecule has 5 nitrogen and oxygen atoms in total. The van der Waals surface area contributed by atoms with Crippen LogP contribution in [0.25, 0.3) is 0 Å². The van der Waals surface area contributed by atoms with Crippen molar-refractivity contribution >= 4 is 30.8 Å². The minimum Gasteiger partial charge on any atom is -0.481 e. The van der Waals surface area contributed by atoms with Crippen molar-refractivity contribution < 1.29 is 9.90 Å². The van der Waals surface area contributed by atoms with Gasteiger partial charge < -0.3 is 15.0 Å². The third-order valence-electron chi connectivity index (χ3n) is 2.77. The number of carboxylic acid groups (broad SMARTS) is 1. The van der Waals surface area contributed by atoms with E-state index in [0.717, 1.165) is 12.2 Å². The van der Waals surface area contributed by atoms with Gasteiger partial charge in [0.05, 0.1) is 12.2 Å². The molecular formula is C9H15Cl2N3O2. The summed E-state index contributed by atoms with van der Waals surface area (Å²) in [7, 11) is 1.89. The van der Waals surface area contributed by atoms with E-state index in [1.807, 2.05) is 11.6 Å². The molecule has 0 aromatic carbocycles. The number of hydrogen-bond acceptors (Lipinski definition) is 3. The van der Waals surface area contributed by atoms with Crippen LogP contribution in [0, 0.1) is 5.92 Å². The molecule has 0 saturated carbocycles. The summed E-state index contributed by atoms with van der Waals surface area (Å²) >= 11 is 0. The van der Waals surface area contributed by atoms with Crippen molar-refractivity contribution in [1.29, 1.82) is 0 Å². The SMILES string of the molecule is Cl.Cl.Cn1cncc1C1CNCC1C(=O)O. The van der Waals surface area contributed by atoms with Crippen LogP contribution < -0.4 is 5.32 Å². The van der Waals surface area contributed by atoms with Crippen molar-refractivity contribution in [2.75, 3.05) is 13.1 Å². The maximum absolute atomic E-state index is 10.9. The molecule has 1 aliphatic rings. The van der Waals surface area contributed by atoms with E-state index >= 15 is 0 Å². The highest BCUT2D eigenvalue weighted by Crippen LogP contribution is 2.27. The standard InChI is InChI=1S/C9H13N3O2.2ClH/c1-12-5-11-4-8(12)6-2-10-3-7(6)9(13)14;;/h4-7,10H,2-3H2,1H3,(H,13,14);2*1H. The number of hydrogen-bond donors (Lipinski definition) is 2. The molecule has 2 N–H and O–H groups in total. The number of rotatable bonds is 2. The summed E-state index contributed by atoms with van der Waals surface area (Å²) in [6.45, 7) is 1.27. The second kappa shape index (κ2) is 6.08. The molecule has 0 radical (unpaired) electrons. The van der Waals surface area contributed by atoms with E-state index in [2.05, 4.69) is 10.3 Å². The molecule has 0 amide bonds. The fraction of sp³-hybridized carbons (Fsp3) is 0.556. The highest BCUT2D eigenvalue weighted by atomic mass is 35.5. The van der Waals surface area contributed by atoms with Gasteiger partial charge in [-0.25, -0.2) is 4.98 Å². The lowest BCUT2D eigenvalue weighted by Crippen LogP contribution is -2.22. The van der Waals surface area contributed by atoms with Gasteiger partial charge in [-0.2, -0.15) is 0 Å². The van der Waals surface area contributed by atoms with Crippen LogP contribution in [0.4, 0.5) is 0 Å². The number of carboxylic acids is 1. The van der Waals surface area contributed by atoms with Gasteiger partial charge >= 0.3 is 5.97 Å². The van der Waals surface area contributed by atoms with Crippen molar-refractivity contribution in [1.82, 2.24) is 14.9 Å². The molecule has 1 fully saturated rings. The summed E-state index contributed by atoms with van der Waals surface area (Å²) in [4.78, 5) is 15.0. The van der Waals surface area contributed by atoms with Crippen LogP contribution in [0.3, 0.4) is 0 Å². The highest BCUT2D eigenvalue weighted by molar-refractivity contribution is 5.85. The van der Waals surface area contributed by atoms with E-state index in [4.69, 9.17) is 5.11 Å². The Bertz CT molecular complexity index is 356. The third kappa shape index (κ3) is 2.66. The molecule has 0 aliphatic carbocycles. The summed E-state index contributed by atoms with van der Waals surface area (Å²) < 4.78 is 1.88. The second-order valence-electron chi connectivity index (χ2n) is 3.64. The number of nitrogens with one attached hydrogen (secondary N) is 1. The zero-order valence-corrected chi connectivity index (χ0v) is 10.4. The predicted molar refractivity (Wildman–Crippen MR) is 64.4 cm³/mol. The Kier molecular flexibility index (Phi) is 5.78. The van der Waals surface area contributed by atoms with Crippen LogP contribution >= 0.6 is 24.8 Å². The Balaban J connectivity index is 0.00000112. The number of halogens is 2. The minimum absolute atomic E-state index is 0. The van der Waals surface area contributed by atoms with Gasteiger partial charge in [0.2, 0.25) is 0 Å². The molecule has 0 spiro atoms. The first-order valence-corrected chi connectivity index (χ1v) is 4.60. The molecule has 7 heteroatoms. The van der Waals surface area contributed by atoms with Crippen LogP contribution in [-0.4, -0.2) is 33.7 Å². The quantitative estimate of drug-likeness (QED) is 0.826. The first-order chi connectivity index (χ1) is 6.70. The number of carbonyl (C=O) groups is 1. The van der Waals surface area contributed by atoms with Gasteiger partial charge in [0.1, 0.15) is 0 Å². The molecule has 2 heterocycles. The van der Waals surface area contributed by atoms with E-state index < -0.39 is 5.97 Å². The fourth-order valence-electron chi connectivity index (χ4n) is 1.97. The van der Waals surface area contributed by atoms with Crippen molar-refractivity contribution in [3.63, 3.8) is 0 Å². The molecule has 0 bridgehead atoms. The molecule has 1 aromatic heterocycles. The Labute approximate surface area is 106 Å². The topological polar surface area (TPSA) is 67.2 Å². The Morgan fingerprint density at radius 1 is 1.56 bits per heavy atom. The second-order valence-corrected chi connectivity index (χ2v) is 3.64. The van der Waals surface area contributed by atoms with Gasteiger partial charge in [-0.3, -0.25) is 4.79 Å². The van der Waals surface area contributed by atoms with Gasteiger partial charge in [0.15, 0.2) is 0 Å². The summed E-state index contributed by atoms with van der Waals surface area (Å²) in [5.41, 5.74) is 0.988. The highest BCUT2D eigenvalue weighted by Gasteiger charge is 2.35. The van der Waals surface area contributed by atoms with Crippen LogP contribution in [0.15, 0.2) is 12.5 Å². The number of nitrogens with zero attached hydrogens (tertiary/aromatic N) is 2. The van der Waals surface area contributed by atoms with E-state index in [1.165, 1.54) is 0 Å². The zero-order valence-electron chi connectivity index (χ0n) is 8.79. The van der Waals surface area contributed by atoms with E-state index in [9.17, 15) is 4.79 Å². The third-order valence-corrected chi connectivity index (χ3v) is 2.77. The largest absolute Gasteiger partial charge is 0.481 e. The van der Waals surface area contributed by atoms with Gasteiger partial charge in [0, 0.05) is 37.9 Å². The minimum atomic E-state index is -0.735. The molecule has 2 unspecified atom stereocenters. The molecule has 1 aromatic rings. The van der Waals surface area contributed by atoms with Gasteiger partial charge in [-0.1, -0.05) is 0 Å². The first kappa shape index (κ1) is 15.2. The maximum atomic E-state index is 10.9. The lowest BCUT2D eigenvalue weighted by molar-refractivity contribution is -0.141. The van der Waals surface area contributed by atoms with Crippen molar-refractivity contribution in [2.45, 2.75) is 5.92 Å². The summed E-state index contributed by atoms with van der Waals surface area (Å²) in [5.74, 6) is -1.02. The number of aryl methyl sites for hydroxylation is 1. The van der Waals surface area contributed by atoms with E-state index in [1.54, 1.807) is 12.5 Å². The number of imidazole rings is 1. The van der Waals surface area contributed by atoms with Crippen LogP contribution in [0.2, 0.25) is 0 Å². The summed E-state index contributed by atoms with van der Waals surface area (Å²) in [6, 6.07) is 0. The molecule has 1 aliphatic heterocycles. The predicted octanol–water partition coefficient (Wildman–Crippen LogP) is 0.651. The monoisotopic (exact) mass is 267 g/mol. The Morgan fingerprint density at radius 3 is 2.75 bits per heavy atom. The average Bonchev–Trinajstić information content (AvgIpc) is 2.70. The number of aromatic nitrogens is 2. The van der Waals surface area contributed by atoms with Gasteiger partial charge in [0.25, 0.3) is 0 Å². The molecule has 2 atom stereocenters. The Morgan fingerprint density at radius 2 is 2.25 bits per heavy atom. The summed E-state index contributed by atoms with van der Waals surface area (Å²) in [5, 5.41) is 12.1. The van der Waals surface area contributed by atoms with Crippen molar-refractivity contribution in [3.05, 3.63) is 18.2 Å². The molecule has 2 rings (SSSR count). The lowest BCUT2D eigenvalue weighted by atomic mass is 9.93. The smallest absolute Gasteiger partial charge is 0.308 e. The Hall–Kier alpha value is -0.780. The molecule has 1 saturated heterocycles. The zero-order chi connectivity index (χ0) is 10.1. The van der Waals surface area contributed by atoms with Crippen molar-refractivity contribution in [2.24, 2.45) is 13.0 Å². The molecule has 16 heavy (non-hydrogen) atoms. The average molecular weight is 268 g/mol. The van der Waals surface area contributed by atoms with Crippen molar-refractivity contribution in [3.8, 4) is 0 Å². The number of aliphatic carboxylic acids is 1. The van der Waals surface area contributed by atoms with Gasteiger partial charge in [-0.05, 0) is 0 Å². The van der Waals surface area contributed by atoms with Crippen LogP contribution in [0.1, 0.15) is 11.6 Å². The maximum Gasteiger partial charge on any atom is 0.308 e. The van der Waals surface area contributed by atoms with E-state index in [0.29, 0.717) is 6.54 Å². The molecule has 92 valence electrons. The lowest BCUT2D eigenvalue weighted by Gasteiger charge is -2.14. The van der Waals surface area contributed by atoms with Gasteiger partial charge in [-0.15, -0.1) is 24.8 Å². The summed E-state index contributed by atoms with van der Waals surface area (Å²) in [6.07, 6.45) is 3.44. The van der Waals surface area contributed by atoms with E-state index in [-0.39, 0.29) is 36.6 Å². The van der Waals surface area contributed by atoms with Crippen LogP contribution in [-0.2, 0) is 11.8 Å². The molecular weight excluding hydrogens is 253 g/mol. The van der Waals surface area contributed by atoms with Crippen LogP contribution in [0.5, 0.6) is 0 Å². The first-order valence-electron chi connectivity index (χ1n) is 4.60. The normalized spacial score (nSPS) is 23.3. The fourth-order valence-corrected chi connectivity index (χ4v) is 1.97.